The molecule has 10 nitrogen and oxygen atoms in total. The first kappa shape index (κ1) is 25.2. The lowest BCUT2D eigenvalue weighted by Gasteiger charge is -2.12. The van der Waals surface area contributed by atoms with Crippen LogP contribution in [0.2, 0.25) is 0 Å². The maximum atomic E-state index is 13.0. The minimum absolute atomic E-state index is 0.271. The van der Waals surface area contributed by atoms with Crippen LogP contribution in [-0.4, -0.2) is 31.8 Å². The van der Waals surface area contributed by atoms with E-state index in [4.69, 9.17) is 10.2 Å². The Morgan fingerprint density at radius 1 is 0.949 bits per heavy atom. The van der Waals surface area contributed by atoms with Crippen molar-refractivity contribution in [3.05, 3.63) is 83.9 Å². The lowest BCUT2D eigenvalue weighted by Crippen LogP contribution is -2.14. The quantitative estimate of drug-likeness (QED) is 0.363. The Morgan fingerprint density at radius 3 is 2.51 bits per heavy atom. The number of pyridine rings is 2. The molecule has 0 aliphatic heterocycles. The highest BCUT2D eigenvalue weighted by atomic mass is 16.2. The van der Waals surface area contributed by atoms with E-state index >= 15 is 0 Å². The highest BCUT2D eigenvalue weighted by Crippen LogP contribution is 2.46. The van der Waals surface area contributed by atoms with Crippen molar-refractivity contribution >= 4 is 23.3 Å². The van der Waals surface area contributed by atoms with Crippen molar-refractivity contribution in [3.8, 4) is 34.8 Å². The largest absolute Gasteiger partial charge is 0.322 e. The first-order valence-corrected chi connectivity index (χ1v) is 12.2. The number of carbonyl (C=O) groups excluding carboxylic acids is 2. The van der Waals surface area contributed by atoms with Gasteiger partial charge in [-0.15, -0.1) is 0 Å². The molecule has 1 aliphatic carbocycles. The van der Waals surface area contributed by atoms with Gasteiger partial charge in [-0.2, -0.15) is 10.5 Å². The molecular formula is C29H22N8O2. The Balaban J connectivity index is 1.38. The highest BCUT2D eigenvalue weighted by Gasteiger charge is 2.46. The number of carbonyl (C=O) groups is 2. The summed E-state index contributed by atoms with van der Waals surface area (Å²) in [6, 6.07) is 18.1. The van der Waals surface area contributed by atoms with Crippen molar-refractivity contribution in [1.29, 1.82) is 10.5 Å². The molecule has 10 heteroatoms. The summed E-state index contributed by atoms with van der Waals surface area (Å²) in [5, 5.41) is 23.7. The monoisotopic (exact) mass is 514 g/mol. The fraction of sp³-hybridized carbons (Fsp3) is 0.172. The molecule has 3 aromatic heterocycles. The first-order chi connectivity index (χ1) is 18.9. The van der Waals surface area contributed by atoms with Gasteiger partial charge in [0.25, 0.3) is 5.91 Å². The van der Waals surface area contributed by atoms with Gasteiger partial charge in [0.2, 0.25) is 5.91 Å². The fourth-order valence-corrected chi connectivity index (χ4v) is 4.11. The van der Waals surface area contributed by atoms with Gasteiger partial charge in [-0.05, 0) is 67.8 Å². The molecule has 190 valence electrons. The van der Waals surface area contributed by atoms with Crippen LogP contribution in [0.5, 0.6) is 0 Å². The summed E-state index contributed by atoms with van der Waals surface area (Å²) in [5.41, 5.74) is 4.12. The summed E-state index contributed by atoms with van der Waals surface area (Å²) < 4.78 is 0. The summed E-state index contributed by atoms with van der Waals surface area (Å²) in [7, 11) is 0. The van der Waals surface area contributed by atoms with E-state index in [9.17, 15) is 14.9 Å². The Morgan fingerprint density at radius 2 is 1.74 bits per heavy atom. The van der Waals surface area contributed by atoms with E-state index in [1.807, 2.05) is 25.1 Å². The van der Waals surface area contributed by atoms with Crippen LogP contribution in [0.4, 0.5) is 11.5 Å². The van der Waals surface area contributed by atoms with Crippen LogP contribution in [0, 0.1) is 29.6 Å². The van der Waals surface area contributed by atoms with Gasteiger partial charge in [0.15, 0.2) is 5.82 Å². The van der Waals surface area contributed by atoms with Gasteiger partial charge in [0.1, 0.15) is 12.2 Å². The molecule has 0 radical (unpaired) electrons. The second kappa shape index (κ2) is 10.5. The van der Waals surface area contributed by atoms with Crippen molar-refractivity contribution in [2.45, 2.75) is 31.6 Å². The number of hydrogen-bond donors (Lipinski definition) is 2. The van der Waals surface area contributed by atoms with Crippen molar-refractivity contribution in [1.82, 2.24) is 19.9 Å². The lowest BCUT2D eigenvalue weighted by molar-refractivity contribution is -0.115. The third-order valence-corrected chi connectivity index (χ3v) is 6.43. The fourth-order valence-electron chi connectivity index (χ4n) is 4.11. The molecular weight excluding hydrogens is 492 g/mol. The molecule has 1 aromatic carbocycles. The van der Waals surface area contributed by atoms with E-state index in [2.05, 4.69) is 31.7 Å². The van der Waals surface area contributed by atoms with Gasteiger partial charge in [-0.25, -0.2) is 15.0 Å². The van der Waals surface area contributed by atoms with Crippen LogP contribution >= 0.6 is 0 Å². The second-order valence-corrected chi connectivity index (χ2v) is 9.19. The number of anilines is 2. The number of nitrogens with one attached hydrogen (secondary N) is 2. The molecule has 0 spiro atoms. The SMILES string of the molecule is Cc1ccc(NC(=O)c2ccnc(C3(C#N)CC3)c2)cc1-c1ccnc(-c2ccnc(NC(=O)CC#N)c2)n1. The van der Waals surface area contributed by atoms with Crippen LogP contribution in [-0.2, 0) is 10.2 Å². The van der Waals surface area contributed by atoms with E-state index in [0.29, 0.717) is 39.8 Å². The molecule has 1 aliphatic rings. The summed E-state index contributed by atoms with van der Waals surface area (Å²) in [6.07, 6.45) is 5.96. The van der Waals surface area contributed by atoms with Gasteiger partial charge >= 0.3 is 0 Å². The Kier molecular flexibility index (Phi) is 6.77. The average molecular weight is 515 g/mol. The molecule has 3 heterocycles. The molecule has 2 N–H and O–H groups in total. The molecule has 0 saturated heterocycles. The van der Waals surface area contributed by atoms with Gasteiger partial charge in [-0.3, -0.25) is 14.6 Å². The van der Waals surface area contributed by atoms with Crippen LogP contribution in [0.1, 0.15) is 40.9 Å². The highest BCUT2D eigenvalue weighted by molar-refractivity contribution is 6.04. The van der Waals surface area contributed by atoms with Crippen LogP contribution in [0.15, 0.2) is 67.1 Å². The number of nitriles is 2. The van der Waals surface area contributed by atoms with Crippen molar-refractivity contribution in [2.24, 2.45) is 0 Å². The maximum absolute atomic E-state index is 13.0. The van der Waals surface area contributed by atoms with Crippen molar-refractivity contribution < 1.29 is 9.59 Å². The van der Waals surface area contributed by atoms with Gasteiger partial charge in [0.05, 0.1) is 28.9 Å². The third kappa shape index (κ3) is 5.45. The standard InChI is InChI=1S/C29H22N8O2/c1-18-2-3-21(35-28(39)20-6-11-32-24(14-20)29(17-31)8-9-29)16-22(18)23-7-13-34-27(36-23)19-5-12-33-25(15-19)37-26(38)4-10-30/h2-3,5-7,11-16H,4,8-9H2,1H3,(H,35,39)(H,33,37,38). The topological polar surface area (TPSA) is 157 Å². The zero-order valence-corrected chi connectivity index (χ0v) is 21.0. The van der Waals surface area contributed by atoms with Gasteiger partial charge in [-0.1, -0.05) is 6.07 Å². The van der Waals surface area contributed by atoms with E-state index in [1.165, 1.54) is 6.20 Å². The molecule has 4 aromatic rings. The number of amides is 2. The molecule has 5 rings (SSSR count). The smallest absolute Gasteiger partial charge is 0.255 e. The second-order valence-electron chi connectivity index (χ2n) is 9.19. The van der Waals surface area contributed by atoms with Gasteiger partial charge in [0, 0.05) is 41.0 Å². The number of nitrogens with zero attached hydrogens (tertiary/aromatic N) is 6. The Labute approximate surface area is 224 Å². The Hall–Kier alpha value is -5.48. The minimum Gasteiger partial charge on any atom is -0.322 e. The number of benzene rings is 1. The number of aromatic nitrogens is 4. The third-order valence-electron chi connectivity index (χ3n) is 6.43. The van der Waals surface area contributed by atoms with E-state index in [1.54, 1.807) is 48.8 Å². The summed E-state index contributed by atoms with van der Waals surface area (Å²) in [5.74, 6) is -0.0284. The molecule has 1 saturated carbocycles. The normalized spacial score (nSPS) is 13.0. The van der Waals surface area contributed by atoms with E-state index < -0.39 is 11.3 Å². The summed E-state index contributed by atoms with van der Waals surface area (Å²) in [6.45, 7) is 1.95. The van der Waals surface area contributed by atoms with Crippen LogP contribution in [0.25, 0.3) is 22.6 Å². The number of aryl methyl sites for hydroxylation is 1. The minimum atomic E-state index is -0.574. The van der Waals surface area contributed by atoms with E-state index in [0.717, 1.165) is 24.0 Å². The molecule has 0 bridgehead atoms. The van der Waals surface area contributed by atoms with Crippen molar-refractivity contribution in [2.75, 3.05) is 10.6 Å². The lowest BCUT2D eigenvalue weighted by atomic mass is 10.0. The molecule has 2 amide bonds. The number of hydrogen-bond acceptors (Lipinski definition) is 8. The predicted molar refractivity (Wildman–Crippen MR) is 143 cm³/mol. The summed E-state index contributed by atoms with van der Waals surface area (Å²) in [4.78, 5) is 42.3. The van der Waals surface area contributed by atoms with Crippen LogP contribution < -0.4 is 10.6 Å². The molecule has 0 atom stereocenters. The first-order valence-electron chi connectivity index (χ1n) is 12.2. The molecule has 0 unspecified atom stereocenters. The zero-order chi connectivity index (χ0) is 27.4. The predicted octanol–water partition coefficient (Wildman–Crippen LogP) is 4.57. The zero-order valence-electron chi connectivity index (χ0n) is 21.0. The van der Waals surface area contributed by atoms with E-state index in [-0.39, 0.29) is 12.3 Å². The van der Waals surface area contributed by atoms with Crippen LogP contribution in [0.3, 0.4) is 0 Å². The Bertz CT molecular complexity index is 1680. The summed E-state index contributed by atoms with van der Waals surface area (Å²) >= 11 is 0. The van der Waals surface area contributed by atoms with Crippen molar-refractivity contribution in [3.63, 3.8) is 0 Å². The van der Waals surface area contributed by atoms with Gasteiger partial charge < -0.3 is 10.6 Å². The molecule has 1 fully saturated rings. The average Bonchev–Trinajstić information content (AvgIpc) is 3.76. The molecule has 39 heavy (non-hydrogen) atoms. The maximum Gasteiger partial charge on any atom is 0.255 e. The number of rotatable bonds is 7.